The smallest absolute Gasteiger partial charge is 0.223 e. The van der Waals surface area contributed by atoms with Crippen LogP contribution in [0.3, 0.4) is 0 Å². The van der Waals surface area contributed by atoms with Gasteiger partial charge < -0.3 is 9.80 Å². The normalized spacial score (nSPS) is 18.4. The highest BCUT2D eigenvalue weighted by Crippen LogP contribution is 2.25. The fourth-order valence-electron chi connectivity index (χ4n) is 6.14. The molecule has 2 fully saturated rings. The minimum Gasteiger partial charge on any atom is -0.334 e. The van der Waals surface area contributed by atoms with Crippen LogP contribution < -0.4 is 0 Å². The number of likely N-dealkylation sites (tertiary alicyclic amines) is 2. The Hall–Kier alpha value is -5.88. The van der Waals surface area contributed by atoms with Crippen LogP contribution >= 0.6 is 0 Å². The third-order valence-corrected chi connectivity index (χ3v) is 8.66. The molecule has 2 saturated heterocycles. The molecule has 0 radical (unpaired) electrons. The lowest BCUT2D eigenvalue weighted by Crippen LogP contribution is -2.42. The van der Waals surface area contributed by atoms with Gasteiger partial charge in [-0.05, 0) is 53.0 Å². The summed E-state index contributed by atoms with van der Waals surface area (Å²) >= 11 is 0. The monoisotopic (exact) mass is 646 g/mol. The second kappa shape index (κ2) is 15.8. The summed E-state index contributed by atoms with van der Waals surface area (Å²) in [5.74, 6) is -0.349. The zero-order chi connectivity index (χ0) is 34.0. The van der Waals surface area contributed by atoms with E-state index in [0.717, 1.165) is 22.3 Å². The molecule has 244 valence electrons. The van der Waals surface area contributed by atoms with Gasteiger partial charge in [0.15, 0.2) is 11.6 Å². The van der Waals surface area contributed by atoms with E-state index in [2.05, 4.69) is 0 Å². The van der Waals surface area contributed by atoms with Crippen molar-refractivity contribution in [2.24, 2.45) is 0 Å². The molecule has 4 aromatic rings. The Balaban J connectivity index is 1.15. The molecular formula is C43H38N2O4. The summed E-state index contributed by atoms with van der Waals surface area (Å²) in [5, 5.41) is 0. The Kier molecular flexibility index (Phi) is 10.7. The molecule has 0 spiro atoms. The van der Waals surface area contributed by atoms with E-state index >= 15 is 0 Å². The predicted molar refractivity (Wildman–Crippen MR) is 195 cm³/mol. The van der Waals surface area contributed by atoms with Gasteiger partial charge in [-0.2, -0.15) is 0 Å². The number of hydrogen-bond acceptors (Lipinski definition) is 4. The van der Waals surface area contributed by atoms with Crippen molar-refractivity contribution in [3.8, 4) is 0 Å². The van der Waals surface area contributed by atoms with Gasteiger partial charge in [0.2, 0.25) is 11.8 Å². The molecule has 2 amide bonds. The minimum atomic E-state index is -0.110. The zero-order valence-corrected chi connectivity index (χ0v) is 27.3. The van der Waals surface area contributed by atoms with Gasteiger partial charge in [-0.3, -0.25) is 19.2 Å². The predicted octanol–water partition coefficient (Wildman–Crippen LogP) is 7.31. The van der Waals surface area contributed by atoms with Crippen LogP contribution in [0, 0.1) is 0 Å². The molecule has 2 aliphatic heterocycles. The minimum absolute atomic E-state index is 0.0645. The Labute approximate surface area is 287 Å². The Morgan fingerprint density at radius 2 is 0.673 bits per heavy atom. The maximum Gasteiger partial charge on any atom is 0.223 e. The molecular weight excluding hydrogens is 608 g/mol. The lowest BCUT2D eigenvalue weighted by molar-refractivity contribution is -0.132. The van der Waals surface area contributed by atoms with Gasteiger partial charge in [0, 0.05) is 61.3 Å². The molecule has 0 unspecified atom stereocenters. The number of hydrogen-bond donors (Lipinski definition) is 0. The number of rotatable bonds is 8. The highest BCUT2D eigenvalue weighted by molar-refractivity contribution is 6.16. The Morgan fingerprint density at radius 1 is 0.429 bits per heavy atom. The van der Waals surface area contributed by atoms with E-state index in [0.29, 0.717) is 28.7 Å². The fourth-order valence-corrected chi connectivity index (χ4v) is 6.14. The average molecular weight is 647 g/mol. The topological polar surface area (TPSA) is 74.8 Å². The molecule has 0 aromatic heterocycles. The van der Waals surface area contributed by atoms with Crippen molar-refractivity contribution < 1.29 is 19.2 Å². The summed E-state index contributed by atoms with van der Waals surface area (Å²) in [5.41, 5.74) is 5.79. The van der Waals surface area contributed by atoms with Gasteiger partial charge in [-0.1, -0.05) is 121 Å². The largest absolute Gasteiger partial charge is 0.334 e. The van der Waals surface area contributed by atoms with Crippen LogP contribution in [0.4, 0.5) is 0 Å². The number of ketones is 2. The number of amides is 2. The summed E-state index contributed by atoms with van der Waals surface area (Å²) in [4.78, 5) is 57.6. The molecule has 2 heterocycles. The van der Waals surface area contributed by atoms with Crippen molar-refractivity contribution in [1.82, 2.24) is 9.80 Å². The van der Waals surface area contributed by atoms with Gasteiger partial charge in [-0.15, -0.1) is 0 Å². The summed E-state index contributed by atoms with van der Waals surface area (Å²) < 4.78 is 0. The van der Waals surface area contributed by atoms with E-state index in [1.54, 1.807) is 9.80 Å². The molecule has 0 atom stereocenters. The fraction of sp³-hybridized carbons (Fsp3) is 0.163. The molecule has 6 nitrogen and oxygen atoms in total. The summed E-state index contributed by atoms with van der Waals surface area (Å²) in [7, 11) is 0. The zero-order valence-electron chi connectivity index (χ0n) is 27.3. The van der Waals surface area contributed by atoms with E-state index in [1.165, 1.54) is 0 Å². The lowest BCUT2D eigenvalue weighted by atomic mass is 9.93. The van der Waals surface area contributed by atoms with E-state index in [9.17, 15) is 19.2 Å². The lowest BCUT2D eigenvalue weighted by Gasteiger charge is -2.31. The number of benzene rings is 4. The first kappa shape index (κ1) is 33.0. The highest BCUT2D eigenvalue weighted by Gasteiger charge is 2.31. The maximum atomic E-state index is 13.6. The van der Waals surface area contributed by atoms with Crippen molar-refractivity contribution in [2.75, 3.05) is 26.2 Å². The Morgan fingerprint density at radius 3 is 0.918 bits per heavy atom. The van der Waals surface area contributed by atoms with Gasteiger partial charge in [0.05, 0.1) is 0 Å². The van der Waals surface area contributed by atoms with Crippen LogP contribution in [0.25, 0.3) is 24.3 Å². The number of piperidine rings is 2. The van der Waals surface area contributed by atoms with Crippen LogP contribution in [-0.2, 0) is 19.2 Å². The van der Waals surface area contributed by atoms with Crippen molar-refractivity contribution in [3.63, 3.8) is 0 Å². The summed E-state index contributed by atoms with van der Waals surface area (Å²) in [6.07, 6.45) is 8.10. The van der Waals surface area contributed by atoms with E-state index in [-0.39, 0.29) is 62.4 Å². The van der Waals surface area contributed by atoms with Crippen molar-refractivity contribution in [3.05, 3.63) is 166 Å². The first-order valence-electron chi connectivity index (χ1n) is 16.6. The quantitative estimate of drug-likeness (QED) is 0.188. The van der Waals surface area contributed by atoms with Crippen LogP contribution in [0.5, 0.6) is 0 Å². The summed E-state index contributed by atoms with van der Waals surface area (Å²) in [6, 6.07) is 38.5. The summed E-state index contributed by atoms with van der Waals surface area (Å²) in [6.45, 7) is 0.842. The first-order valence-corrected chi connectivity index (χ1v) is 16.6. The molecule has 4 aromatic carbocycles. The van der Waals surface area contributed by atoms with Crippen LogP contribution in [0.15, 0.2) is 144 Å². The van der Waals surface area contributed by atoms with Crippen molar-refractivity contribution in [2.45, 2.75) is 19.3 Å². The highest BCUT2D eigenvalue weighted by atomic mass is 16.2. The van der Waals surface area contributed by atoms with Crippen LogP contribution in [0.1, 0.15) is 41.5 Å². The molecule has 0 aliphatic carbocycles. The average Bonchev–Trinajstić information content (AvgIpc) is 3.13. The molecule has 0 N–H and O–H groups in total. The first-order chi connectivity index (χ1) is 23.9. The van der Waals surface area contributed by atoms with Gasteiger partial charge in [-0.25, -0.2) is 0 Å². The van der Waals surface area contributed by atoms with Gasteiger partial charge in [0.25, 0.3) is 0 Å². The molecule has 6 heteroatoms. The molecule has 49 heavy (non-hydrogen) atoms. The van der Waals surface area contributed by atoms with E-state index in [1.807, 2.05) is 146 Å². The standard InChI is InChI=1S/C43H38N2O4/c46-40(44-28-36(24-32-14-5-1-6-15-32)42(48)37(29-44)25-33-16-7-2-8-17-33)22-13-23-41(47)45-30-38(26-34-18-9-3-10-19-34)43(49)39(31-45)27-35-20-11-4-12-21-35/h1-12,14-21,24-27H,13,22-23,28-31H2/b36-24+,37-25+,38-26+,39-27+. The molecule has 0 saturated carbocycles. The molecule has 2 aliphatic rings. The van der Waals surface area contributed by atoms with Crippen molar-refractivity contribution in [1.29, 1.82) is 0 Å². The van der Waals surface area contributed by atoms with Crippen LogP contribution in [-0.4, -0.2) is 59.4 Å². The maximum absolute atomic E-state index is 13.6. The number of carbonyl (C=O) groups excluding carboxylic acids is 4. The molecule has 0 bridgehead atoms. The van der Waals surface area contributed by atoms with Crippen molar-refractivity contribution >= 4 is 47.7 Å². The van der Waals surface area contributed by atoms with Gasteiger partial charge >= 0.3 is 0 Å². The third-order valence-electron chi connectivity index (χ3n) is 8.66. The number of nitrogens with zero attached hydrogens (tertiary/aromatic N) is 2. The SMILES string of the molecule is O=C1/C(=C/c2ccccc2)CN(C(=O)CCCC(=O)N2C/C(=C\c3ccccc3)C(=O)/C(=C/c3ccccc3)C2)C/C1=C\c1ccccc1. The second-order valence-electron chi connectivity index (χ2n) is 12.3. The van der Waals surface area contributed by atoms with Gasteiger partial charge in [0.1, 0.15) is 0 Å². The number of carbonyl (C=O) groups is 4. The Bertz CT molecular complexity index is 1680. The number of Topliss-reactive ketones (excluding diaryl/α,β-unsaturated/α-hetero) is 2. The van der Waals surface area contributed by atoms with E-state index in [4.69, 9.17) is 0 Å². The third kappa shape index (κ3) is 8.73. The van der Waals surface area contributed by atoms with E-state index < -0.39 is 0 Å². The van der Waals surface area contributed by atoms with Crippen LogP contribution in [0.2, 0.25) is 0 Å². The molecule has 6 rings (SSSR count). The second-order valence-corrected chi connectivity index (χ2v) is 12.3.